The van der Waals surface area contributed by atoms with E-state index < -0.39 is 0 Å². The molecule has 3 heteroatoms. The zero-order valence-electron chi connectivity index (χ0n) is 17.7. The summed E-state index contributed by atoms with van der Waals surface area (Å²) in [5.74, 6) is 0.157. The third-order valence-electron chi connectivity index (χ3n) is 3.81. The first-order valence-electron chi connectivity index (χ1n) is 10.3. The summed E-state index contributed by atoms with van der Waals surface area (Å²) in [5, 5.41) is 2.94. The van der Waals surface area contributed by atoms with Gasteiger partial charge in [0.25, 0.3) is 0 Å². The highest BCUT2D eigenvalue weighted by Gasteiger charge is 1.99. The number of hydrogen-bond donors (Lipinski definition) is 1. The van der Waals surface area contributed by atoms with Gasteiger partial charge in [-0.25, -0.2) is 0 Å². The molecule has 0 radical (unpaired) electrons. The van der Waals surface area contributed by atoms with Crippen molar-refractivity contribution in [2.24, 2.45) is 0 Å². The maximum Gasteiger partial charge on any atom is 0.220 e. The second kappa shape index (κ2) is 20.4. The fourth-order valence-electron chi connectivity index (χ4n) is 2.26. The molecule has 1 amide bonds. The second-order valence-corrected chi connectivity index (χ2v) is 6.75. The molecular formula is C24H40N2O. The van der Waals surface area contributed by atoms with Crippen molar-refractivity contribution in [3.63, 3.8) is 0 Å². The van der Waals surface area contributed by atoms with Crippen LogP contribution in [0, 0.1) is 0 Å². The molecule has 0 saturated heterocycles. The molecule has 0 rings (SSSR count). The van der Waals surface area contributed by atoms with Crippen LogP contribution in [0.3, 0.4) is 0 Å². The number of amides is 1. The average molecular weight is 373 g/mol. The topological polar surface area (TPSA) is 32.3 Å². The molecule has 152 valence electrons. The quantitative estimate of drug-likeness (QED) is 0.283. The lowest BCUT2D eigenvalue weighted by Crippen LogP contribution is -2.31. The fraction of sp³-hybridized carbons (Fsp3) is 0.542. The highest BCUT2D eigenvalue weighted by Crippen LogP contribution is 1.99. The number of likely N-dealkylation sites (N-methyl/N-ethyl adjacent to an activating group) is 1. The van der Waals surface area contributed by atoms with E-state index in [1.165, 1.54) is 0 Å². The van der Waals surface area contributed by atoms with Gasteiger partial charge in [0.05, 0.1) is 0 Å². The lowest BCUT2D eigenvalue weighted by molar-refractivity contribution is -0.121. The van der Waals surface area contributed by atoms with Crippen molar-refractivity contribution in [2.75, 3.05) is 27.2 Å². The van der Waals surface area contributed by atoms with Crippen LogP contribution in [0.4, 0.5) is 0 Å². The molecule has 0 spiro atoms. The van der Waals surface area contributed by atoms with Crippen molar-refractivity contribution >= 4 is 5.91 Å². The van der Waals surface area contributed by atoms with Gasteiger partial charge in [0, 0.05) is 19.5 Å². The Morgan fingerprint density at radius 3 is 1.74 bits per heavy atom. The van der Waals surface area contributed by atoms with Gasteiger partial charge in [0.15, 0.2) is 0 Å². The average Bonchev–Trinajstić information content (AvgIpc) is 2.64. The van der Waals surface area contributed by atoms with Gasteiger partial charge in [-0.3, -0.25) is 4.79 Å². The Balaban J connectivity index is 3.51. The van der Waals surface area contributed by atoms with E-state index in [-0.39, 0.29) is 5.91 Å². The maximum absolute atomic E-state index is 11.6. The summed E-state index contributed by atoms with van der Waals surface area (Å²) in [4.78, 5) is 13.7. The molecule has 0 atom stereocenters. The van der Waals surface area contributed by atoms with Crippen molar-refractivity contribution in [2.45, 2.75) is 58.3 Å². The molecule has 0 aliphatic carbocycles. The first kappa shape index (κ1) is 25.1. The highest BCUT2D eigenvalue weighted by molar-refractivity contribution is 5.75. The Bertz CT molecular complexity index is 485. The molecule has 0 aromatic carbocycles. The van der Waals surface area contributed by atoms with Gasteiger partial charge in [-0.15, -0.1) is 0 Å². The monoisotopic (exact) mass is 372 g/mol. The van der Waals surface area contributed by atoms with E-state index in [1.54, 1.807) is 0 Å². The van der Waals surface area contributed by atoms with E-state index in [0.29, 0.717) is 6.42 Å². The van der Waals surface area contributed by atoms with Crippen LogP contribution in [0.1, 0.15) is 58.3 Å². The minimum absolute atomic E-state index is 0.157. The first-order valence-corrected chi connectivity index (χ1v) is 10.3. The van der Waals surface area contributed by atoms with E-state index in [9.17, 15) is 4.79 Å². The number of nitrogens with zero attached hydrogens (tertiary/aromatic N) is 1. The summed E-state index contributed by atoms with van der Waals surface area (Å²) in [5.41, 5.74) is 0. The third kappa shape index (κ3) is 22.1. The van der Waals surface area contributed by atoms with Gasteiger partial charge >= 0.3 is 0 Å². The van der Waals surface area contributed by atoms with Crippen molar-refractivity contribution in [1.82, 2.24) is 10.2 Å². The smallest absolute Gasteiger partial charge is 0.220 e. The number of allylic oxidation sites excluding steroid dienone is 10. The molecule has 0 aromatic heterocycles. The van der Waals surface area contributed by atoms with Crippen LogP contribution in [0.25, 0.3) is 0 Å². The highest BCUT2D eigenvalue weighted by atomic mass is 16.1. The molecule has 0 heterocycles. The van der Waals surface area contributed by atoms with Crippen LogP contribution < -0.4 is 5.32 Å². The van der Waals surface area contributed by atoms with Gasteiger partial charge in [0.1, 0.15) is 0 Å². The minimum atomic E-state index is 0.157. The summed E-state index contributed by atoms with van der Waals surface area (Å²) >= 11 is 0. The summed E-state index contributed by atoms with van der Waals surface area (Å²) in [6, 6.07) is 0. The van der Waals surface area contributed by atoms with Gasteiger partial charge in [-0.2, -0.15) is 0 Å². The van der Waals surface area contributed by atoms with Crippen LogP contribution in [-0.2, 0) is 4.79 Å². The van der Waals surface area contributed by atoms with Crippen LogP contribution in [0.2, 0.25) is 0 Å². The van der Waals surface area contributed by atoms with E-state index >= 15 is 0 Å². The summed E-state index contributed by atoms with van der Waals surface area (Å²) < 4.78 is 0. The van der Waals surface area contributed by atoms with Gasteiger partial charge < -0.3 is 10.2 Å². The number of hydrogen-bond acceptors (Lipinski definition) is 2. The number of rotatable bonds is 16. The second-order valence-electron chi connectivity index (χ2n) is 6.75. The van der Waals surface area contributed by atoms with Crippen molar-refractivity contribution in [1.29, 1.82) is 0 Å². The Morgan fingerprint density at radius 2 is 1.26 bits per heavy atom. The third-order valence-corrected chi connectivity index (χ3v) is 3.81. The predicted octanol–water partition coefficient (Wildman–Crippen LogP) is 5.59. The summed E-state index contributed by atoms with van der Waals surface area (Å²) in [6.07, 6.45) is 29.6. The lowest BCUT2D eigenvalue weighted by Gasteiger charge is -2.09. The van der Waals surface area contributed by atoms with Crippen molar-refractivity contribution < 1.29 is 4.79 Å². The molecule has 0 fully saturated rings. The van der Waals surface area contributed by atoms with Crippen LogP contribution in [-0.4, -0.2) is 38.0 Å². The van der Waals surface area contributed by atoms with Crippen molar-refractivity contribution in [3.8, 4) is 0 Å². The van der Waals surface area contributed by atoms with Gasteiger partial charge in [-0.05, 0) is 59.0 Å². The Morgan fingerprint density at radius 1 is 0.778 bits per heavy atom. The van der Waals surface area contributed by atoms with E-state index in [4.69, 9.17) is 0 Å². The number of unbranched alkanes of at least 4 members (excludes halogenated alkanes) is 1. The molecule has 0 saturated carbocycles. The van der Waals surface area contributed by atoms with Crippen molar-refractivity contribution in [3.05, 3.63) is 60.8 Å². The minimum Gasteiger partial charge on any atom is -0.355 e. The van der Waals surface area contributed by atoms with Crippen LogP contribution >= 0.6 is 0 Å². The lowest BCUT2D eigenvalue weighted by atomic mass is 10.2. The standard InChI is InChI=1S/C24H40N2O/c1-4-5-6-7-8-9-10-11-12-13-14-15-16-17-18-19-20-21-24(27)25-22-23-26(2)3/h5-6,8-9,11-12,14-15,17-18H,4,7,10,13,16,19-23H2,1-3H3,(H,25,27)/b6-5-,9-8-,12-11-,15-14-,18-17-. The molecule has 0 aliphatic heterocycles. The zero-order valence-corrected chi connectivity index (χ0v) is 17.7. The first-order chi connectivity index (χ1) is 13.2. The summed E-state index contributed by atoms with van der Waals surface area (Å²) in [6.45, 7) is 3.77. The Labute approximate surface area is 167 Å². The fourth-order valence-corrected chi connectivity index (χ4v) is 2.26. The number of nitrogens with one attached hydrogen (secondary N) is 1. The molecule has 0 unspecified atom stereocenters. The van der Waals surface area contributed by atoms with Gasteiger partial charge in [-0.1, -0.05) is 67.7 Å². The van der Waals surface area contributed by atoms with Crippen LogP contribution in [0.15, 0.2) is 60.8 Å². The van der Waals surface area contributed by atoms with E-state index in [0.717, 1.165) is 58.0 Å². The molecule has 0 aromatic rings. The number of carbonyl (C=O) groups excluding carboxylic acids is 1. The zero-order chi connectivity index (χ0) is 20.0. The van der Waals surface area contributed by atoms with E-state index in [1.807, 2.05) is 14.1 Å². The predicted molar refractivity (Wildman–Crippen MR) is 120 cm³/mol. The molecule has 0 aliphatic rings. The molecule has 3 nitrogen and oxygen atoms in total. The van der Waals surface area contributed by atoms with Crippen LogP contribution in [0.5, 0.6) is 0 Å². The SMILES string of the molecule is CC/C=C\C/C=C\C/C=C\C/C=C\C/C=C\CCCC(=O)NCCN(C)C. The Hall–Kier alpha value is -1.87. The van der Waals surface area contributed by atoms with Gasteiger partial charge in [0.2, 0.25) is 5.91 Å². The summed E-state index contributed by atoms with van der Waals surface area (Å²) in [7, 11) is 4.01. The maximum atomic E-state index is 11.6. The number of carbonyl (C=O) groups is 1. The Kier molecular flexibility index (Phi) is 19.0. The molecule has 27 heavy (non-hydrogen) atoms. The molecular weight excluding hydrogens is 332 g/mol. The van der Waals surface area contributed by atoms with E-state index in [2.05, 4.69) is 77.9 Å². The normalized spacial score (nSPS) is 12.7. The molecule has 0 bridgehead atoms. The molecule has 1 N–H and O–H groups in total. The largest absolute Gasteiger partial charge is 0.355 e.